The normalized spacial score (nSPS) is 19.5. The highest BCUT2D eigenvalue weighted by molar-refractivity contribution is 5.87. The second-order valence-electron chi connectivity index (χ2n) is 2.77. The van der Waals surface area contributed by atoms with E-state index in [9.17, 15) is 13.6 Å². The van der Waals surface area contributed by atoms with E-state index in [0.29, 0.717) is 13.0 Å². The Kier molecular flexibility index (Phi) is 3.36. The van der Waals surface area contributed by atoms with Gasteiger partial charge in [0.2, 0.25) is 0 Å². The molecule has 0 aromatic rings. The van der Waals surface area contributed by atoms with Crippen molar-refractivity contribution in [3.63, 3.8) is 0 Å². The van der Waals surface area contributed by atoms with Gasteiger partial charge in [-0.25, -0.2) is 4.79 Å². The van der Waals surface area contributed by atoms with Crippen molar-refractivity contribution in [2.75, 3.05) is 13.2 Å². The molecule has 1 rings (SSSR count). The highest BCUT2D eigenvalue weighted by Crippen LogP contribution is 2.14. The van der Waals surface area contributed by atoms with E-state index >= 15 is 0 Å². The molecule has 1 saturated heterocycles. The molecule has 1 aliphatic rings. The molecule has 13 heavy (non-hydrogen) atoms. The van der Waals surface area contributed by atoms with Crippen molar-refractivity contribution >= 4 is 5.97 Å². The number of hydrogen-bond acceptors (Lipinski definition) is 3. The van der Waals surface area contributed by atoms with E-state index in [-0.39, 0.29) is 12.7 Å². The van der Waals surface area contributed by atoms with Gasteiger partial charge in [0.05, 0.1) is 24.9 Å². The molecule has 0 aromatic carbocycles. The molecule has 0 bridgehead atoms. The van der Waals surface area contributed by atoms with E-state index in [4.69, 9.17) is 4.74 Å². The van der Waals surface area contributed by atoms with Crippen LogP contribution < -0.4 is 0 Å². The first-order valence-corrected chi connectivity index (χ1v) is 3.92. The second kappa shape index (κ2) is 4.32. The Balaban J connectivity index is 2.19. The Morgan fingerprint density at radius 3 is 2.69 bits per heavy atom. The fraction of sp³-hybridized carbons (Fsp3) is 0.625. The highest BCUT2D eigenvalue weighted by Gasteiger charge is 2.22. The van der Waals surface area contributed by atoms with E-state index in [1.54, 1.807) is 0 Å². The first-order chi connectivity index (χ1) is 6.11. The van der Waals surface area contributed by atoms with Crippen molar-refractivity contribution in [3.8, 4) is 0 Å². The first-order valence-electron chi connectivity index (χ1n) is 3.92. The van der Waals surface area contributed by atoms with Crippen LogP contribution in [-0.2, 0) is 14.3 Å². The van der Waals surface area contributed by atoms with Crippen LogP contribution in [0.25, 0.3) is 0 Å². The summed E-state index contributed by atoms with van der Waals surface area (Å²) in [5.74, 6) is -0.958. The lowest BCUT2D eigenvalue weighted by atomic mass is 10.3. The van der Waals surface area contributed by atoms with Gasteiger partial charge in [0.1, 0.15) is 0 Å². The number of esters is 1. The molecule has 1 aliphatic heterocycles. The zero-order valence-electron chi connectivity index (χ0n) is 7.18. The molecular formula is C8H10F2O3. The van der Waals surface area contributed by atoms with Crippen LogP contribution in [0.4, 0.5) is 8.78 Å². The summed E-state index contributed by atoms with van der Waals surface area (Å²) in [5, 5.41) is 0. The predicted molar refractivity (Wildman–Crippen MR) is 40.2 cm³/mol. The number of epoxide rings is 1. The van der Waals surface area contributed by atoms with Crippen molar-refractivity contribution in [1.29, 1.82) is 0 Å². The zero-order chi connectivity index (χ0) is 9.84. The number of carbonyl (C=O) groups is 1. The summed E-state index contributed by atoms with van der Waals surface area (Å²) < 4.78 is 33.1. The molecule has 3 nitrogen and oxygen atoms in total. The van der Waals surface area contributed by atoms with Crippen molar-refractivity contribution in [2.45, 2.75) is 19.4 Å². The first kappa shape index (κ1) is 10.1. The van der Waals surface area contributed by atoms with Crippen LogP contribution in [0.15, 0.2) is 11.7 Å². The minimum absolute atomic E-state index is 0.133. The van der Waals surface area contributed by atoms with Crippen LogP contribution in [0, 0.1) is 0 Å². The number of halogens is 2. The summed E-state index contributed by atoms with van der Waals surface area (Å²) in [7, 11) is 0. The fourth-order valence-electron chi connectivity index (χ4n) is 0.703. The third-order valence-electron chi connectivity index (χ3n) is 1.67. The van der Waals surface area contributed by atoms with Crippen molar-refractivity contribution in [2.24, 2.45) is 0 Å². The van der Waals surface area contributed by atoms with Gasteiger partial charge in [0.15, 0.2) is 0 Å². The Morgan fingerprint density at radius 1 is 1.62 bits per heavy atom. The number of hydrogen-bond donors (Lipinski definition) is 0. The quantitative estimate of drug-likeness (QED) is 0.385. The molecule has 0 amide bonds. The summed E-state index contributed by atoms with van der Waals surface area (Å²) in [6.07, 6.45) is -1.27. The predicted octanol–water partition coefficient (Wildman–Crippen LogP) is 1.49. The van der Waals surface area contributed by atoms with Gasteiger partial charge in [-0.1, -0.05) is 0 Å². The monoisotopic (exact) mass is 192 g/mol. The lowest BCUT2D eigenvalue weighted by Crippen LogP contribution is -2.09. The largest absolute Gasteiger partial charge is 0.462 e. The number of carbonyl (C=O) groups excluding carboxylic acids is 1. The van der Waals surface area contributed by atoms with E-state index in [1.807, 2.05) is 0 Å². The minimum Gasteiger partial charge on any atom is -0.462 e. The van der Waals surface area contributed by atoms with Crippen LogP contribution >= 0.6 is 0 Å². The molecule has 5 heteroatoms. The van der Waals surface area contributed by atoms with Crippen LogP contribution in [0.1, 0.15) is 13.3 Å². The third-order valence-corrected chi connectivity index (χ3v) is 1.67. The smallest absolute Gasteiger partial charge is 0.339 e. The van der Waals surface area contributed by atoms with Gasteiger partial charge in [0, 0.05) is 6.42 Å². The molecule has 1 fully saturated rings. The average molecular weight is 192 g/mol. The summed E-state index contributed by atoms with van der Waals surface area (Å²) >= 11 is 0. The Morgan fingerprint density at radius 2 is 2.23 bits per heavy atom. The van der Waals surface area contributed by atoms with Gasteiger partial charge in [-0.15, -0.1) is 0 Å². The molecule has 0 aliphatic carbocycles. The topological polar surface area (TPSA) is 38.8 Å². The summed E-state index contributed by atoms with van der Waals surface area (Å²) in [6, 6.07) is 0. The van der Waals surface area contributed by atoms with Gasteiger partial charge in [-0.05, 0) is 6.92 Å². The summed E-state index contributed by atoms with van der Waals surface area (Å²) in [4.78, 5) is 10.8. The van der Waals surface area contributed by atoms with Gasteiger partial charge >= 0.3 is 5.97 Å². The lowest BCUT2D eigenvalue weighted by Gasteiger charge is -2.01. The minimum atomic E-state index is -1.99. The van der Waals surface area contributed by atoms with E-state index in [1.165, 1.54) is 0 Å². The molecule has 0 spiro atoms. The van der Waals surface area contributed by atoms with E-state index < -0.39 is 17.6 Å². The maximum absolute atomic E-state index is 11.8. The van der Waals surface area contributed by atoms with Crippen molar-refractivity contribution in [1.82, 2.24) is 0 Å². The van der Waals surface area contributed by atoms with Gasteiger partial charge in [0.25, 0.3) is 6.08 Å². The Bertz CT molecular complexity index is 230. The van der Waals surface area contributed by atoms with Crippen molar-refractivity contribution in [3.05, 3.63) is 11.7 Å². The number of rotatable bonds is 4. The fourth-order valence-corrected chi connectivity index (χ4v) is 0.703. The van der Waals surface area contributed by atoms with Crippen molar-refractivity contribution < 1.29 is 23.0 Å². The zero-order valence-corrected chi connectivity index (χ0v) is 7.18. The Labute approximate surface area is 74.3 Å². The maximum Gasteiger partial charge on any atom is 0.339 e. The maximum atomic E-state index is 11.8. The number of ether oxygens (including phenoxy) is 2. The molecular weight excluding hydrogens is 182 g/mol. The molecule has 1 unspecified atom stereocenters. The molecule has 1 heterocycles. The van der Waals surface area contributed by atoms with E-state index in [0.717, 1.165) is 6.92 Å². The van der Waals surface area contributed by atoms with Crippen LogP contribution in [-0.4, -0.2) is 25.3 Å². The molecule has 0 saturated carbocycles. The summed E-state index contributed by atoms with van der Waals surface area (Å²) in [6.45, 7) is 1.84. The van der Waals surface area contributed by atoms with Crippen LogP contribution in [0.2, 0.25) is 0 Å². The van der Waals surface area contributed by atoms with Gasteiger partial charge < -0.3 is 9.47 Å². The molecule has 0 N–H and O–H groups in total. The van der Waals surface area contributed by atoms with E-state index in [2.05, 4.69) is 4.74 Å². The SMILES string of the molecule is CC(C(=O)OCCC1CO1)=C(F)F. The lowest BCUT2D eigenvalue weighted by molar-refractivity contribution is -0.139. The second-order valence-corrected chi connectivity index (χ2v) is 2.77. The highest BCUT2D eigenvalue weighted by atomic mass is 19.3. The molecule has 74 valence electrons. The van der Waals surface area contributed by atoms with Gasteiger partial charge in [-0.2, -0.15) is 8.78 Å². The van der Waals surface area contributed by atoms with Crippen LogP contribution in [0.3, 0.4) is 0 Å². The molecule has 0 aromatic heterocycles. The Hall–Kier alpha value is -0.970. The van der Waals surface area contributed by atoms with Gasteiger partial charge in [-0.3, -0.25) is 0 Å². The standard InChI is InChI=1S/C8H10F2O3/c1-5(7(9)10)8(11)12-3-2-6-4-13-6/h6H,2-4H2,1H3. The van der Waals surface area contributed by atoms with Crippen LogP contribution in [0.5, 0.6) is 0 Å². The average Bonchev–Trinajstić information content (AvgIpc) is 2.86. The molecule has 0 radical (unpaired) electrons. The molecule has 1 atom stereocenters. The third kappa shape index (κ3) is 3.50. The summed E-state index contributed by atoms with van der Waals surface area (Å²) in [5.41, 5.74) is -0.628.